The third kappa shape index (κ3) is 6.19. The molecule has 0 amide bonds. The van der Waals surface area contributed by atoms with E-state index >= 15 is 0 Å². The first-order valence-electron chi connectivity index (χ1n) is 28.2. The van der Waals surface area contributed by atoms with E-state index < -0.39 is 0 Å². The van der Waals surface area contributed by atoms with Gasteiger partial charge < -0.3 is 9.13 Å². The second-order valence-corrected chi connectivity index (χ2v) is 23.6. The minimum Gasteiger partial charge on any atom is -0.309 e. The predicted octanol–water partition coefficient (Wildman–Crippen LogP) is 21.0. The van der Waals surface area contributed by atoms with Crippen molar-refractivity contribution in [3.05, 3.63) is 277 Å². The smallest absolute Gasteiger partial charge is 0.0547 e. The molecule has 2 aliphatic rings. The van der Waals surface area contributed by atoms with Crippen molar-refractivity contribution < 1.29 is 0 Å². The van der Waals surface area contributed by atoms with E-state index in [9.17, 15) is 0 Å². The highest BCUT2D eigenvalue weighted by Crippen LogP contribution is 2.55. The molecular formula is C78H54N2. The number of aromatic nitrogens is 2. The topological polar surface area (TPSA) is 9.86 Å². The fourth-order valence-electron chi connectivity index (χ4n) is 14.9. The van der Waals surface area contributed by atoms with Gasteiger partial charge in [0.15, 0.2) is 0 Å². The van der Waals surface area contributed by atoms with Crippen molar-refractivity contribution in [1.82, 2.24) is 9.13 Å². The highest BCUT2D eigenvalue weighted by Gasteiger charge is 2.38. The maximum Gasteiger partial charge on any atom is 0.0547 e. The Balaban J connectivity index is 0.851. The van der Waals surface area contributed by atoms with Gasteiger partial charge in [-0.15, -0.1) is 0 Å². The van der Waals surface area contributed by atoms with E-state index in [1.807, 2.05) is 0 Å². The Morgan fingerprint density at radius 1 is 0.250 bits per heavy atom. The van der Waals surface area contributed by atoms with Crippen LogP contribution >= 0.6 is 0 Å². The number of para-hydroxylation sites is 1. The van der Waals surface area contributed by atoms with Gasteiger partial charge in [-0.3, -0.25) is 0 Å². The Bertz CT molecular complexity index is 5190. The van der Waals surface area contributed by atoms with Crippen molar-refractivity contribution in [2.24, 2.45) is 0 Å². The maximum atomic E-state index is 2.51. The molecule has 0 spiro atoms. The predicted molar refractivity (Wildman–Crippen MR) is 339 cm³/mol. The Kier molecular flexibility index (Phi) is 9.28. The Labute approximate surface area is 465 Å². The summed E-state index contributed by atoms with van der Waals surface area (Å²) in [6, 6.07) is 96.2. The summed E-state index contributed by atoms with van der Waals surface area (Å²) in [5.41, 5.74) is 25.1. The van der Waals surface area contributed by atoms with E-state index in [1.54, 1.807) is 0 Å². The van der Waals surface area contributed by atoms with Crippen LogP contribution in [0, 0.1) is 0 Å². The van der Waals surface area contributed by atoms with Gasteiger partial charge in [0.25, 0.3) is 0 Å². The van der Waals surface area contributed by atoms with Gasteiger partial charge in [0, 0.05) is 43.7 Å². The molecule has 2 heteroatoms. The molecular weight excluding hydrogens is 965 g/mol. The monoisotopic (exact) mass is 1020 g/mol. The van der Waals surface area contributed by atoms with Crippen molar-refractivity contribution in [2.45, 2.75) is 38.5 Å². The minimum absolute atomic E-state index is 0.0720. The molecule has 2 nitrogen and oxygen atoms in total. The molecule has 0 atom stereocenters. The first-order valence-corrected chi connectivity index (χ1v) is 28.2. The van der Waals surface area contributed by atoms with E-state index in [4.69, 9.17) is 0 Å². The largest absolute Gasteiger partial charge is 0.309 e. The molecule has 0 saturated carbocycles. The van der Waals surface area contributed by atoms with Crippen LogP contribution in [0.3, 0.4) is 0 Å². The molecule has 0 radical (unpaired) electrons. The molecule has 2 aromatic heterocycles. The van der Waals surface area contributed by atoms with Crippen LogP contribution in [0.25, 0.3) is 143 Å². The molecule has 0 bridgehead atoms. The summed E-state index contributed by atoms with van der Waals surface area (Å²) in [6.45, 7) is 9.54. The zero-order valence-corrected chi connectivity index (χ0v) is 45.1. The second-order valence-electron chi connectivity index (χ2n) is 23.6. The fraction of sp³-hybridized carbons (Fsp3) is 0.0769. The fourth-order valence-corrected chi connectivity index (χ4v) is 14.9. The molecule has 0 N–H and O–H groups in total. The van der Waals surface area contributed by atoms with Crippen LogP contribution < -0.4 is 0 Å². The zero-order valence-electron chi connectivity index (χ0n) is 45.1. The van der Waals surface area contributed by atoms with E-state index in [2.05, 4.69) is 292 Å². The number of hydrogen-bond donors (Lipinski definition) is 0. The van der Waals surface area contributed by atoms with Gasteiger partial charge >= 0.3 is 0 Å². The SMILES string of the molecule is CC1(C)c2ccccc2-c2c(-c3cccc(-n4c5ccc6ccccc6c5c5c6ccc(-c7cc(-c8cccc(-n9c%10ccccc%10c%10c%11ccccc%11ccc%109)c8)c8c(c7)C(C)(C)c7ccccc7-8)cc6ccc54)c3)cccc21. The quantitative estimate of drug-likeness (QED) is 0.163. The highest BCUT2D eigenvalue weighted by molar-refractivity contribution is 6.29. The lowest BCUT2D eigenvalue weighted by Crippen LogP contribution is -2.15. The number of fused-ring (bicyclic) bond motifs is 18. The molecule has 17 rings (SSSR count). The lowest BCUT2D eigenvalue weighted by Gasteiger charge is -2.23. The standard InChI is InChI=1S/C78H54N2/c1-77(2)64-30-12-9-26-60(64)72-58(29-17-32-66(72)77)50-20-15-23-55(43-50)80-70-40-36-48-19-6-8-25-57(48)75(70)76-59-38-34-49(42-52(59)37-41-71(76)80)53-45-63(73-61-27-10-13-31-65(61)78(3,4)67(73)46-53)51-21-16-22-54(44-51)79-68-33-14-11-28-62(68)74-56-24-7-5-18-47(56)35-39-69(74)79/h5-46H,1-4H3. The molecule has 13 aromatic carbocycles. The number of benzene rings is 13. The first kappa shape index (κ1) is 45.3. The van der Waals surface area contributed by atoms with E-state index in [-0.39, 0.29) is 10.8 Å². The number of hydrogen-bond acceptors (Lipinski definition) is 0. The average Bonchev–Trinajstić information content (AvgIpc) is 4.35. The Hall–Kier alpha value is -9.76. The minimum atomic E-state index is -0.201. The Morgan fingerprint density at radius 2 is 0.725 bits per heavy atom. The van der Waals surface area contributed by atoms with Crippen molar-refractivity contribution in [3.63, 3.8) is 0 Å². The van der Waals surface area contributed by atoms with Crippen LogP contribution in [0.15, 0.2) is 255 Å². The summed E-state index contributed by atoms with van der Waals surface area (Å²) in [5, 5.41) is 12.7. The molecule has 2 heterocycles. The summed E-state index contributed by atoms with van der Waals surface area (Å²) in [5.74, 6) is 0. The molecule has 0 fully saturated rings. The second kappa shape index (κ2) is 16.4. The van der Waals surface area contributed by atoms with Gasteiger partial charge in [-0.25, -0.2) is 0 Å². The molecule has 2 aliphatic carbocycles. The summed E-state index contributed by atoms with van der Waals surface area (Å²) in [7, 11) is 0. The van der Waals surface area contributed by atoms with Gasteiger partial charge in [-0.05, 0) is 177 Å². The van der Waals surface area contributed by atoms with Crippen molar-refractivity contribution in [3.8, 4) is 67.0 Å². The first-order chi connectivity index (χ1) is 39.2. The van der Waals surface area contributed by atoms with Crippen molar-refractivity contribution >= 4 is 75.9 Å². The normalized spacial score (nSPS) is 13.9. The summed E-state index contributed by atoms with van der Waals surface area (Å²) < 4.78 is 4.98. The summed E-state index contributed by atoms with van der Waals surface area (Å²) in [4.78, 5) is 0. The summed E-state index contributed by atoms with van der Waals surface area (Å²) in [6.07, 6.45) is 0. The van der Waals surface area contributed by atoms with Gasteiger partial charge in [-0.1, -0.05) is 216 Å². The molecule has 0 unspecified atom stereocenters. The van der Waals surface area contributed by atoms with Gasteiger partial charge in [0.05, 0.1) is 22.1 Å². The summed E-state index contributed by atoms with van der Waals surface area (Å²) >= 11 is 0. The molecule has 376 valence electrons. The van der Waals surface area contributed by atoms with E-state index in [1.165, 1.54) is 154 Å². The average molecular weight is 1020 g/mol. The van der Waals surface area contributed by atoms with Gasteiger partial charge in [-0.2, -0.15) is 0 Å². The molecule has 80 heavy (non-hydrogen) atoms. The molecule has 0 saturated heterocycles. The lowest BCUT2D eigenvalue weighted by molar-refractivity contribution is 0.660. The van der Waals surface area contributed by atoms with Crippen LogP contribution in [0.2, 0.25) is 0 Å². The van der Waals surface area contributed by atoms with Crippen LogP contribution in [0.1, 0.15) is 49.9 Å². The van der Waals surface area contributed by atoms with E-state index in [0.717, 1.165) is 11.4 Å². The zero-order chi connectivity index (χ0) is 53.2. The molecule has 0 aliphatic heterocycles. The van der Waals surface area contributed by atoms with Crippen LogP contribution in [0.4, 0.5) is 0 Å². The maximum absolute atomic E-state index is 2.51. The van der Waals surface area contributed by atoms with Crippen LogP contribution in [-0.4, -0.2) is 9.13 Å². The lowest BCUT2D eigenvalue weighted by atomic mass is 9.80. The van der Waals surface area contributed by atoms with Crippen molar-refractivity contribution in [2.75, 3.05) is 0 Å². The van der Waals surface area contributed by atoms with E-state index in [0.29, 0.717) is 0 Å². The number of nitrogens with zero attached hydrogens (tertiary/aromatic N) is 2. The van der Waals surface area contributed by atoms with Crippen LogP contribution in [-0.2, 0) is 10.8 Å². The Morgan fingerprint density at radius 3 is 1.40 bits per heavy atom. The number of rotatable bonds is 5. The third-order valence-corrected chi connectivity index (χ3v) is 18.7. The van der Waals surface area contributed by atoms with Gasteiger partial charge in [0.2, 0.25) is 0 Å². The highest BCUT2D eigenvalue weighted by atomic mass is 15.0. The van der Waals surface area contributed by atoms with Crippen LogP contribution in [0.5, 0.6) is 0 Å². The molecule has 15 aromatic rings. The van der Waals surface area contributed by atoms with Crippen molar-refractivity contribution in [1.29, 1.82) is 0 Å². The third-order valence-electron chi connectivity index (χ3n) is 18.7. The van der Waals surface area contributed by atoms with Gasteiger partial charge in [0.1, 0.15) is 0 Å².